The van der Waals surface area contributed by atoms with Gasteiger partial charge < -0.3 is 10.2 Å². The molecule has 2 amide bonds. The average Bonchev–Trinajstić information content (AvgIpc) is 3.26. The number of aromatic nitrogens is 3. The molecule has 0 radical (unpaired) electrons. The van der Waals surface area contributed by atoms with E-state index in [0.717, 1.165) is 10.7 Å². The lowest BCUT2D eigenvalue weighted by Crippen LogP contribution is -2.47. The van der Waals surface area contributed by atoms with Gasteiger partial charge in [0.2, 0.25) is 5.91 Å². The van der Waals surface area contributed by atoms with Crippen LogP contribution >= 0.6 is 11.3 Å². The highest BCUT2D eigenvalue weighted by molar-refractivity contribution is 7.07. The van der Waals surface area contributed by atoms with Crippen LogP contribution < -0.4 is 5.32 Å². The number of aryl methyl sites for hydroxylation is 1. The molecule has 1 N–H and O–H groups in total. The molecule has 11 heteroatoms. The van der Waals surface area contributed by atoms with E-state index >= 15 is 0 Å². The Morgan fingerprint density at radius 1 is 1.33 bits per heavy atom. The van der Waals surface area contributed by atoms with Gasteiger partial charge in [-0.25, -0.2) is 4.98 Å². The standard InChI is InChI=1S/C16H18F3N5O2S/c1-10-6-13(16(17,18)19)22-24(10)7-14(25)23-4-2-11(3-5-23)21-15(26)12-8-27-9-20-12/h6,8-9,11H,2-5,7H2,1H3,(H,21,26). The lowest BCUT2D eigenvalue weighted by atomic mass is 10.0. The van der Waals surface area contributed by atoms with Crippen molar-refractivity contribution in [1.82, 2.24) is 25.0 Å². The number of piperidine rings is 1. The second-order valence-electron chi connectivity index (χ2n) is 6.33. The van der Waals surface area contributed by atoms with E-state index in [1.54, 1.807) is 15.8 Å². The highest BCUT2D eigenvalue weighted by Gasteiger charge is 2.35. The van der Waals surface area contributed by atoms with Crippen molar-refractivity contribution in [3.8, 4) is 0 Å². The van der Waals surface area contributed by atoms with Crippen LogP contribution in [0, 0.1) is 6.92 Å². The summed E-state index contributed by atoms with van der Waals surface area (Å²) in [5.41, 5.74) is 1.22. The molecule has 1 saturated heterocycles. The van der Waals surface area contributed by atoms with Crippen LogP contribution in [0.5, 0.6) is 0 Å². The van der Waals surface area contributed by atoms with Crippen LogP contribution in [0.4, 0.5) is 13.2 Å². The van der Waals surface area contributed by atoms with Gasteiger partial charge in [0.15, 0.2) is 5.69 Å². The van der Waals surface area contributed by atoms with Crippen molar-refractivity contribution in [2.75, 3.05) is 13.1 Å². The van der Waals surface area contributed by atoms with Crippen molar-refractivity contribution >= 4 is 23.2 Å². The number of hydrogen-bond donors (Lipinski definition) is 1. The Morgan fingerprint density at radius 3 is 2.59 bits per heavy atom. The number of alkyl halides is 3. The smallest absolute Gasteiger partial charge is 0.348 e. The number of rotatable bonds is 4. The predicted molar refractivity (Wildman–Crippen MR) is 91.1 cm³/mol. The van der Waals surface area contributed by atoms with Gasteiger partial charge in [0.25, 0.3) is 5.91 Å². The summed E-state index contributed by atoms with van der Waals surface area (Å²) in [6, 6.07) is 0.861. The van der Waals surface area contributed by atoms with Gasteiger partial charge >= 0.3 is 6.18 Å². The van der Waals surface area contributed by atoms with E-state index < -0.39 is 11.9 Å². The molecule has 0 unspecified atom stereocenters. The first-order valence-corrected chi connectivity index (χ1v) is 9.27. The zero-order valence-electron chi connectivity index (χ0n) is 14.5. The first-order valence-electron chi connectivity index (χ1n) is 8.32. The molecule has 146 valence electrons. The van der Waals surface area contributed by atoms with Crippen molar-refractivity contribution < 1.29 is 22.8 Å². The van der Waals surface area contributed by atoms with Crippen LogP contribution in [0.25, 0.3) is 0 Å². The van der Waals surface area contributed by atoms with E-state index in [4.69, 9.17) is 0 Å². The first-order chi connectivity index (χ1) is 12.7. The van der Waals surface area contributed by atoms with E-state index in [1.165, 1.54) is 18.3 Å². The quantitative estimate of drug-likeness (QED) is 0.851. The molecular weight excluding hydrogens is 383 g/mol. The highest BCUT2D eigenvalue weighted by atomic mass is 32.1. The zero-order chi connectivity index (χ0) is 19.6. The lowest BCUT2D eigenvalue weighted by Gasteiger charge is -2.32. The minimum Gasteiger partial charge on any atom is -0.348 e. The van der Waals surface area contributed by atoms with E-state index in [2.05, 4.69) is 15.4 Å². The minimum atomic E-state index is -4.53. The SMILES string of the molecule is Cc1cc(C(F)(F)F)nn1CC(=O)N1CCC(NC(=O)c2cscn2)CC1. The summed E-state index contributed by atoms with van der Waals surface area (Å²) in [4.78, 5) is 29.9. The second kappa shape index (κ2) is 7.67. The average molecular weight is 401 g/mol. The third kappa shape index (κ3) is 4.65. The molecule has 1 aliphatic heterocycles. The molecule has 3 heterocycles. The van der Waals surface area contributed by atoms with Crippen LogP contribution in [0.2, 0.25) is 0 Å². The number of carbonyl (C=O) groups excluding carboxylic acids is 2. The summed E-state index contributed by atoms with van der Waals surface area (Å²) in [6.45, 7) is 2.09. The molecule has 0 spiro atoms. The normalized spacial score (nSPS) is 15.8. The molecule has 1 aliphatic rings. The molecule has 3 rings (SSSR count). The van der Waals surface area contributed by atoms with Crippen molar-refractivity contribution in [1.29, 1.82) is 0 Å². The number of likely N-dealkylation sites (tertiary alicyclic amines) is 1. The van der Waals surface area contributed by atoms with Crippen LogP contribution in [-0.2, 0) is 17.5 Å². The Morgan fingerprint density at radius 2 is 2.04 bits per heavy atom. The van der Waals surface area contributed by atoms with Crippen LogP contribution in [0.15, 0.2) is 17.0 Å². The Balaban J connectivity index is 1.51. The van der Waals surface area contributed by atoms with Crippen molar-refractivity contribution in [3.63, 3.8) is 0 Å². The molecule has 0 saturated carbocycles. The van der Waals surface area contributed by atoms with Gasteiger partial charge in [0, 0.05) is 30.2 Å². The Labute approximate surface area is 157 Å². The highest BCUT2D eigenvalue weighted by Crippen LogP contribution is 2.28. The number of nitrogens with zero attached hydrogens (tertiary/aromatic N) is 4. The number of thiazole rings is 1. The van der Waals surface area contributed by atoms with Crippen LogP contribution in [0.3, 0.4) is 0 Å². The fourth-order valence-corrected chi connectivity index (χ4v) is 3.43. The van der Waals surface area contributed by atoms with E-state index in [-0.39, 0.29) is 30.1 Å². The van der Waals surface area contributed by atoms with Gasteiger partial charge in [-0.2, -0.15) is 18.3 Å². The maximum absolute atomic E-state index is 12.7. The predicted octanol–water partition coefficient (Wildman–Crippen LogP) is 2.09. The summed E-state index contributed by atoms with van der Waals surface area (Å²) in [5.74, 6) is -0.535. The number of halogens is 3. The van der Waals surface area contributed by atoms with Crippen molar-refractivity contribution in [3.05, 3.63) is 34.0 Å². The van der Waals surface area contributed by atoms with Gasteiger partial charge in [-0.15, -0.1) is 11.3 Å². The fraction of sp³-hybridized carbons (Fsp3) is 0.500. The van der Waals surface area contributed by atoms with Gasteiger partial charge in [-0.05, 0) is 25.8 Å². The van der Waals surface area contributed by atoms with Crippen LogP contribution in [0.1, 0.15) is 34.7 Å². The molecule has 27 heavy (non-hydrogen) atoms. The Kier molecular flexibility index (Phi) is 5.49. The molecule has 7 nitrogen and oxygen atoms in total. The summed E-state index contributed by atoms with van der Waals surface area (Å²) >= 11 is 1.34. The second-order valence-corrected chi connectivity index (χ2v) is 7.05. The molecule has 2 aromatic rings. The maximum Gasteiger partial charge on any atom is 0.435 e. The molecule has 0 aliphatic carbocycles. The summed E-state index contributed by atoms with van der Waals surface area (Å²) in [5, 5.41) is 8.03. The summed E-state index contributed by atoms with van der Waals surface area (Å²) in [7, 11) is 0. The third-order valence-corrected chi connectivity index (χ3v) is 4.99. The molecule has 2 aromatic heterocycles. The number of amides is 2. The van der Waals surface area contributed by atoms with Gasteiger partial charge in [0.1, 0.15) is 12.2 Å². The summed E-state index contributed by atoms with van der Waals surface area (Å²) in [6.07, 6.45) is -3.38. The topological polar surface area (TPSA) is 80.1 Å². The molecule has 0 aromatic carbocycles. The fourth-order valence-electron chi connectivity index (χ4n) is 2.89. The molecule has 1 fully saturated rings. The zero-order valence-corrected chi connectivity index (χ0v) is 15.3. The lowest BCUT2D eigenvalue weighted by molar-refractivity contribution is -0.142. The van der Waals surface area contributed by atoms with Crippen molar-refractivity contribution in [2.24, 2.45) is 0 Å². The van der Waals surface area contributed by atoms with Gasteiger partial charge in [-0.3, -0.25) is 14.3 Å². The number of nitrogens with one attached hydrogen (secondary N) is 1. The van der Waals surface area contributed by atoms with E-state index in [9.17, 15) is 22.8 Å². The monoisotopic (exact) mass is 401 g/mol. The van der Waals surface area contributed by atoms with Gasteiger partial charge in [0.05, 0.1) is 5.51 Å². The third-order valence-electron chi connectivity index (χ3n) is 4.40. The number of carbonyl (C=O) groups is 2. The first kappa shape index (κ1) is 19.3. The maximum atomic E-state index is 12.7. The minimum absolute atomic E-state index is 0.0634. The molecule has 0 bridgehead atoms. The van der Waals surface area contributed by atoms with Crippen LogP contribution in [-0.4, -0.2) is 50.6 Å². The Hall–Kier alpha value is -2.43. The molecular formula is C16H18F3N5O2S. The van der Waals surface area contributed by atoms with Gasteiger partial charge in [-0.1, -0.05) is 0 Å². The Bertz CT molecular complexity index is 811. The summed E-state index contributed by atoms with van der Waals surface area (Å²) < 4.78 is 39.2. The molecule has 0 atom stereocenters. The largest absolute Gasteiger partial charge is 0.435 e. The van der Waals surface area contributed by atoms with Crippen molar-refractivity contribution in [2.45, 2.75) is 38.5 Å². The number of hydrogen-bond acceptors (Lipinski definition) is 5. The van der Waals surface area contributed by atoms with E-state index in [1.807, 2.05) is 0 Å². The van der Waals surface area contributed by atoms with E-state index in [0.29, 0.717) is 31.6 Å².